The van der Waals surface area contributed by atoms with Crippen LogP contribution in [0.1, 0.15) is 27.4 Å². The molecule has 6 nitrogen and oxygen atoms in total. The van der Waals surface area contributed by atoms with Gasteiger partial charge < -0.3 is 4.42 Å². The van der Waals surface area contributed by atoms with Crippen LogP contribution in [0.15, 0.2) is 50.6 Å². The minimum absolute atomic E-state index is 0.0231. The second-order valence-electron chi connectivity index (χ2n) is 5.75. The monoisotopic (exact) mass is 468 g/mol. The van der Waals surface area contributed by atoms with Crippen molar-refractivity contribution in [3.8, 4) is 0 Å². The zero-order chi connectivity index (χ0) is 19.0. The minimum Gasteiger partial charge on any atom is -0.461 e. The Kier molecular flexibility index (Phi) is 4.94. The fourth-order valence-corrected chi connectivity index (χ4v) is 3.15. The average Bonchev–Trinajstić information content (AvgIpc) is 3.14. The highest BCUT2D eigenvalue weighted by Gasteiger charge is 2.25. The molecule has 134 valence electrons. The predicted molar refractivity (Wildman–Crippen MR) is 101 cm³/mol. The lowest BCUT2D eigenvalue weighted by Gasteiger charge is -2.14. The summed E-state index contributed by atoms with van der Waals surface area (Å²) in [4.78, 5) is 37.7. The van der Waals surface area contributed by atoms with Crippen LogP contribution in [0.3, 0.4) is 0 Å². The van der Waals surface area contributed by atoms with Crippen molar-refractivity contribution in [2.24, 2.45) is 14.1 Å². The first-order valence-electron chi connectivity index (χ1n) is 7.62. The molecule has 0 fully saturated rings. The summed E-state index contributed by atoms with van der Waals surface area (Å²) < 4.78 is 22.1. The Bertz CT molecular complexity index is 1110. The lowest BCUT2D eigenvalue weighted by atomic mass is 10.0. The van der Waals surface area contributed by atoms with Crippen LogP contribution >= 0.6 is 22.6 Å². The summed E-state index contributed by atoms with van der Waals surface area (Å²) in [5.74, 6) is -1.14. The predicted octanol–water partition coefficient (Wildman–Crippen LogP) is 2.24. The molecule has 0 bridgehead atoms. The molecule has 0 N–H and O–H groups in total. The van der Waals surface area contributed by atoms with Crippen LogP contribution in [0.4, 0.5) is 4.39 Å². The highest BCUT2D eigenvalue weighted by Crippen LogP contribution is 2.18. The Morgan fingerprint density at radius 2 is 1.92 bits per heavy atom. The lowest BCUT2D eigenvalue weighted by molar-refractivity contribution is 0.100. The van der Waals surface area contributed by atoms with Gasteiger partial charge in [0.15, 0.2) is 5.76 Å². The molecule has 1 aromatic carbocycles. The van der Waals surface area contributed by atoms with E-state index in [1.165, 1.54) is 43.1 Å². The van der Waals surface area contributed by atoms with Gasteiger partial charge in [0.25, 0.3) is 5.56 Å². The van der Waals surface area contributed by atoms with E-state index in [0.717, 1.165) is 4.57 Å². The van der Waals surface area contributed by atoms with E-state index in [1.807, 2.05) is 22.6 Å². The van der Waals surface area contributed by atoms with E-state index in [-0.39, 0.29) is 29.0 Å². The number of ketones is 1. The molecule has 3 rings (SSSR count). The average molecular weight is 468 g/mol. The van der Waals surface area contributed by atoms with Crippen molar-refractivity contribution in [3.63, 3.8) is 0 Å². The molecule has 0 aliphatic heterocycles. The number of aromatic nitrogens is 2. The third-order valence-corrected chi connectivity index (χ3v) is 4.80. The van der Waals surface area contributed by atoms with Gasteiger partial charge >= 0.3 is 5.69 Å². The van der Waals surface area contributed by atoms with E-state index in [0.29, 0.717) is 3.57 Å². The molecule has 2 aromatic heterocycles. The van der Waals surface area contributed by atoms with Gasteiger partial charge in [-0.1, -0.05) is 6.07 Å². The van der Waals surface area contributed by atoms with Crippen molar-refractivity contribution in [1.29, 1.82) is 0 Å². The van der Waals surface area contributed by atoms with Crippen molar-refractivity contribution < 1.29 is 13.6 Å². The molecular formula is C18H14FIN2O4. The van der Waals surface area contributed by atoms with Crippen molar-refractivity contribution in [3.05, 3.63) is 89.4 Å². The third-order valence-electron chi connectivity index (χ3n) is 4.13. The molecule has 0 radical (unpaired) electrons. The number of hydrogen-bond acceptors (Lipinski definition) is 4. The van der Waals surface area contributed by atoms with Crippen molar-refractivity contribution in [1.82, 2.24) is 9.13 Å². The van der Waals surface area contributed by atoms with E-state index in [9.17, 15) is 18.8 Å². The maximum atomic E-state index is 14.3. The first kappa shape index (κ1) is 18.3. The largest absolute Gasteiger partial charge is 0.461 e. The molecule has 2 heterocycles. The number of benzene rings is 1. The summed E-state index contributed by atoms with van der Waals surface area (Å²) >= 11 is 1.98. The maximum absolute atomic E-state index is 14.3. The molecule has 0 atom stereocenters. The van der Waals surface area contributed by atoms with E-state index in [4.69, 9.17) is 4.42 Å². The van der Waals surface area contributed by atoms with Gasteiger partial charge in [0, 0.05) is 29.8 Å². The topological polar surface area (TPSA) is 74.2 Å². The normalized spacial score (nSPS) is 10.9. The van der Waals surface area contributed by atoms with Gasteiger partial charge in [-0.25, -0.2) is 9.18 Å². The first-order valence-corrected chi connectivity index (χ1v) is 8.70. The van der Waals surface area contributed by atoms with Gasteiger partial charge in [0.1, 0.15) is 11.4 Å². The number of nitrogens with zero attached hydrogens (tertiary/aromatic N) is 2. The maximum Gasteiger partial charge on any atom is 0.330 e. The molecule has 0 aliphatic rings. The Labute approximate surface area is 161 Å². The zero-order valence-corrected chi connectivity index (χ0v) is 16.1. The van der Waals surface area contributed by atoms with Crippen LogP contribution in [0.25, 0.3) is 0 Å². The number of carbonyl (C=O) groups excluding carboxylic acids is 1. The second-order valence-corrected chi connectivity index (χ2v) is 6.99. The number of rotatable bonds is 4. The van der Waals surface area contributed by atoms with Gasteiger partial charge in [-0.2, -0.15) is 0 Å². The van der Waals surface area contributed by atoms with Crippen LogP contribution in [0, 0.1) is 9.39 Å². The molecule has 0 aliphatic carbocycles. The standard InChI is InChI=1S/C18H14FIN2O4/c1-21-13(8-10-5-6-11(20)9-12(10)19)15(17(24)22(2)18(21)25)16(23)14-4-3-7-26-14/h3-7,9H,8H2,1-2H3. The van der Waals surface area contributed by atoms with E-state index < -0.39 is 22.8 Å². The lowest BCUT2D eigenvalue weighted by Crippen LogP contribution is -2.42. The zero-order valence-electron chi connectivity index (χ0n) is 14.0. The van der Waals surface area contributed by atoms with E-state index >= 15 is 0 Å². The molecule has 3 aromatic rings. The fourth-order valence-electron chi connectivity index (χ4n) is 2.70. The van der Waals surface area contributed by atoms with E-state index in [1.54, 1.807) is 12.1 Å². The van der Waals surface area contributed by atoms with Gasteiger partial charge in [0.05, 0.1) is 6.26 Å². The smallest absolute Gasteiger partial charge is 0.330 e. The molecule has 0 unspecified atom stereocenters. The molecule has 0 saturated carbocycles. The van der Waals surface area contributed by atoms with Crippen molar-refractivity contribution in [2.75, 3.05) is 0 Å². The summed E-state index contributed by atoms with van der Waals surface area (Å²) in [5.41, 5.74) is -1.12. The molecule has 26 heavy (non-hydrogen) atoms. The second kappa shape index (κ2) is 7.02. The van der Waals surface area contributed by atoms with Crippen LogP contribution in [-0.4, -0.2) is 14.9 Å². The van der Waals surface area contributed by atoms with Gasteiger partial charge in [-0.05, 0) is 52.4 Å². The van der Waals surface area contributed by atoms with Crippen LogP contribution in [0.5, 0.6) is 0 Å². The highest BCUT2D eigenvalue weighted by molar-refractivity contribution is 14.1. The summed E-state index contributed by atoms with van der Waals surface area (Å²) in [7, 11) is 2.74. The molecule has 0 spiro atoms. The van der Waals surface area contributed by atoms with Gasteiger partial charge in [-0.3, -0.25) is 18.7 Å². The molecule has 0 saturated heterocycles. The Morgan fingerprint density at radius 1 is 1.19 bits per heavy atom. The van der Waals surface area contributed by atoms with E-state index in [2.05, 4.69) is 0 Å². The fraction of sp³-hybridized carbons (Fsp3) is 0.167. The summed E-state index contributed by atoms with van der Waals surface area (Å²) in [6, 6.07) is 7.59. The SMILES string of the molecule is Cn1c(Cc2ccc(I)cc2F)c(C(=O)c2ccco2)c(=O)n(C)c1=O. The Balaban J connectivity index is 2.25. The number of hydrogen-bond donors (Lipinski definition) is 0. The van der Waals surface area contributed by atoms with Crippen molar-refractivity contribution in [2.45, 2.75) is 6.42 Å². The number of halogens is 2. The number of furan rings is 1. The van der Waals surface area contributed by atoms with Crippen LogP contribution in [0.2, 0.25) is 0 Å². The Morgan fingerprint density at radius 3 is 2.54 bits per heavy atom. The first-order chi connectivity index (χ1) is 12.3. The molecular weight excluding hydrogens is 454 g/mol. The molecule has 8 heteroatoms. The number of carbonyl (C=O) groups is 1. The van der Waals surface area contributed by atoms with Crippen molar-refractivity contribution >= 4 is 28.4 Å². The quantitative estimate of drug-likeness (QED) is 0.435. The minimum atomic E-state index is -0.740. The summed E-state index contributed by atoms with van der Waals surface area (Å²) in [6.07, 6.45) is 1.24. The van der Waals surface area contributed by atoms with Gasteiger partial charge in [-0.15, -0.1) is 0 Å². The Hall–Kier alpha value is -2.49. The van der Waals surface area contributed by atoms with Crippen LogP contribution < -0.4 is 11.2 Å². The highest BCUT2D eigenvalue weighted by atomic mass is 127. The summed E-state index contributed by atoms with van der Waals surface area (Å²) in [5, 5.41) is 0. The molecule has 0 amide bonds. The summed E-state index contributed by atoms with van der Waals surface area (Å²) in [6.45, 7) is 0. The van der Waals surface area contributed by atoms with Gasteiger partial charge in [0.2, 0.25) is 5.78 Å². The third kappa shape index (κ3) is 3.16. The van der Waals surface area contributed by atoms with Crippen LogP contribution in [-0.2, 0) is 20.5 Å².